The molecule has 0 radical (unpaired) electrons. The first-order valence-electron chi connectivity index (χ1n) is 7.34. The highest BCUT2D eigenvalue weighted by Gasteiger charge is 2.17. The third-order valence-electron chi connectivity index (χ3n) is 3.70. The van der Waals surface area contributed by atoms with Gasteiger partial charge in [0.15, 0.2) is 6.61 Å². The third-order valence-corrected chi connectivity index (χ3v) is 3.70. The van der Waals surface area contributed by atoms with Gasteiger partial charge >= 0.3 is 5.97 Å². The Morgan fingerprint density at radius 3 is 2.76 bits per heavy atom. The molecule has 1 aromatic carbocycles. The maximum atomic E-state index is 12.9. The lowest BCUT2D eigenvalue weighted by atomic mass is 10.0. The molecule has 0 unspecified atom stereocenters. The van der Waals surface area contributed by atoms with Gasteiger partial charge in [-0.1, -0.05) is 31.7 Å². The minimum atomic E-state index is -0.463. The highest BCUT2D eigenvalue weighted by Crippen LogP contribution is 2.28. The van der Waals surface area contributed by atoms with Crippen LogP contribution in [0.1, 0.15) is 38.5 Å². The van der Waals surface area contributed by atoms with E-state index in [0.717, 1.165) is 6.42 Å². The molecule has 0 atom stereocenters. The predicted octanol–water partition coefficient (Wildman–Crippen LogP) is 3.28. The van der Waals surface area contributed by atoms with Gasteiger partial charge in [0, 0.05) is 12.1 Å². The fourth-order valence-corrected chi connectivity index (χ4v) is 2.60. The van der Waals surface area contributed by atoms with E-state index in [0.29, 0.717) is 18.0 Å². The van der Waals surface area contributed by atoms with Crippen molar-refractivity contribution in [2.24, 2.45) is 5.92 Å². The van der Waals surface area contributed by atoms with E-state index in [1.54, 1.807) is 6.07 Å². The number of anilines is 1. The van der Waals surface area contributed by atoms with Crippen LogP contribution in [0.3, 0.4) is 0 Å². The normalized spacial score (nSPS) is 14.9. The number of hydrogen-bond acceptors (Lipinski definition) is 3. The Kier molecular flexibility index (Phi) is 5.72. The molecule has 0 aromatic heterocycles. The van der Waals surface area contributed by atoms with E-state index >= 15 is 0 Å². The van der Waals surface area contributed by atoms with E-state index in [4.69, 9.17) is 4.74 Å². The lowest BCUT2D eigenvalue weighted by Gasteiger charge is -2.09. The average molecular weight is 293 g/mol. The molecule has 1 aromatic rings. The molecule has 1 N–H and O–H groups in total. The van der Waals surface area contributed by atoms with E-state index in [2.05, 4.69) is 5.32 Å². The van der Waals surface area contributed by atoms with Crippen molar-refractivity contribution in [2.75, 3.05) is 11.9 Å². The molecule has 21 heavy (non-hydrogen) atoms. The van der Waals surface area contributed by atoms with Crippen LogP contribution < -0.4 is 5.32 Å². The molecule has 0 heterocycles. The molecular formula is C16H20FNO3. The molecule has 1 saturated carbocycles. The van der Waals surface area contributed by atoms with Gasteiger partial charge in [0.2, 0.25) is 0 Å². The summed E-state index contributed by atoms with van der Waals surface area (Å²) < 4.78 is 17.9. The molecule has 4 nitrogen and oxygen atoms in total. The van der Waals surface area contributed by atoms with E-state index in [-0.39, 0.29) is 12.6 Å². The summed E-state index contributed by atoms with van der Waals surface area (Å²) in [4.78, 5) is 23.1. The fraction of sp³-hybridized carbons (Fsp3) is 0.500. The lowest BCUT2D eigenvalue weighted by Crippen LogP contribution is -2.21. The van der Waals surface area contributed by atoms with E-state index < -0.39 is 11.7 Å². The quantitative estimate of drug-likeness (QED) is 0.819. The average Bonchev–Trinajstić information content (AvgIpc) is 2.96. The summed E-state index contributed by atoms with van der Waals surface area (Å²) in [5.41, 5.74) is 0.349. The highest BCUT2D eigenvalue weighted by atomic mass is 19.1. The van der Waals surface area contributed by atoms with Gasteiger partial charge in [-0.05, 0) is 30.5 Å². The van der Waals surface area contributed by atoms with Gasteiger partial charge in [0.25, 0.3) is 5.91 Å². The molecule has 0 aliphatic heterocycles. The van der Waals surface area contributed by atoms with Crippen LogP contribution in [0.5, 0.6) is 0 Å². The number of ether oxygens (including phenoxy) is 1. The first-order chi connectivity index (χ1) is 10.1. The summed E-state index contributed by atoms with van der Waals surface area (Å²) in [5.74, 6) is -0.619. The van der Waals surface area contributed by atoms with Crippen molar-refractivity contribution in [3.63, 3.8) is 0 Å². The van der Waals surface area contributed by atoms with Crippen molar-refractivity contribution in [3.05, 3.63) is 30.1 Å². The monoisotopic (exact) mass is 293 g/mol. The van der Waals surface area contributed by atoms with E-state index in [1.807, 2.05) is 0 Å². The number of carbonyl (C=O) groups excluding carboxylic acids is 2. The molecule has 5 heteroatoms. The Labute approximate surface area is 123 Å². The number of rotatable bonds is 6. The Hall–Kier alpha value is -1.91. The largest absolute Gasteiger partial charge is 0.456 e. The summed E-state index contributed by atoms with van der Waals surface area (Å²) >= 11 is 0. The second kappa shape index (κ2) is 7.76. The van der Waals surface area contributed by atoms with Gasteiger partial charge in [-0.25, -0.2) is 4.39 Å². The molecular weight excluding hydrogens is 273 g/mol. The Morgan fingerprint density at radius 1 is 1.29 bits per heavy atom. The minimum absolute atomic E-state index is 0.333. The predicted molar refractivity (Wildman–Crippen MR) is 77.2 cm³/mol. The van der Waals surface area contributed by atoms with Crippen LogP contribution in [0.25, 0.3) is 0 Å². The lowest BCUT2D eigenvalue weighted by molar-refractivity contribution is -0.147. The van der Waals surface area contributed by atoms with Crippen LogP contribution >= 0.6 is 0 Å². The Morgan fingerprint density at radius 2 is 2.05 bits per heavy atom. The Balaban J connectivity index is 1.64. The molecule has 114 valence electrons. The minimum Gasteiger partial charge on any atom is -0.456 e. The highest BCUT2D eigenvalue weighted by molar-refractivity contribution is 5.92. The van der Waals surface area contributed by atoms with Crippen molar-refractivity contribution >= 4 is 17.6 Å². The molecule has 0 saturated heterocycles. The SMILES string of the molecule is O=C(COC(=O)CCC1CCCC1)Nc1cccc(F)c1. The summed E-state index contributed by atoms with van der Waals surface area (Å²) in [5, 5.41) is 2.48. The Bertz CT molecular complexity index is 498. The van der Waals surface area contributed by atoms with Gasteiger partial charge in [-0.15, -0.1) is 0 Å². The summed E-state index contributed by atoms with van der Waals surface area (Å²) in [6, 6.07) is 5.57. The van der Waals surface area contributed by atoms with Gasteiger partial charge in [0.05, 0.1) is 0 Å². The number of esters is 1. The van der Waals surface area contributed by atoms with Gasteiger partial charge in [-0.3, -0.25) is 9.59 Å². The van der Waals surface area contributed by atoms with Gasteiger partial charge in [-0.2, -0.15) is 0 Å². The zero-order valence-electron chi connectivity index (χ0n) is 11.9. The zero-order chi connectivity index (χ0) is 15.1. The van der Waals surface area contributed by atoms with Crippen molar-refractivity contribution < 1.29 is 18.7 Å². The molecule has 1 aliphatic carbocycles. The summed E-state index contributed by atoms with van der Waals surface area (Å²) in [6.07, 6.45) is 6.06. The first-order valence-corrected chi connectivity index (χ1v) is 7.34. The molecule has 0 bridgehead atoms. The summed E-state index contributed by atoms with van der Waals surface area (Å²) in [6.45, 7) is -0.333. The first kappa shape index (κ1) is 15.5. The zero-order valence-corrected chi connectivity index (χ0v) is 11.9. The molecule has 1 aliphatic rings. The molecule has 1 fully saturated rings. The molecule has 2 rings (SSSR count). The second-order valence-corrected chi connectivity index (χ2v) is 5.41. The van der Waals surface area contributed by atoms with Crippen molar-refractivity contribution in [1.82, 2.24) is 0 Å². The van der Waals surface area contributed by atoms with Crippen LogP contribution in [0.2, 0.25) is 0 Å². The van der Waals surface area contributed by atoms with Gasteiger partial charge < -0.3 is 10.1 Å². The van der Waals surface area contributed by atoms with E-state index in [9.17, 15) is 14.0 Å². The number of benzene rings is 1. The number of amides is 1. The topological polar surface area (TPSA) is 55.4 Å². The van der Waals surface area contributed by atoms with E-state index in [1.165, 1.54) is 43.9 Å². The van der Waals surface area contributed by atoms with Crippen LogP contribution in [0.15, 0.2) is 24.3 Å². The van der Waals surface area contributed by atoms with Crippen molar-refractivity contribution in [2.45, 2.75) is 38.5 Å². The molecule has 0 spiro atoms. The maximum absolute atomic E-state index is 12.9. The second-order valence-electron chi connectivity index (χ2n) is 5.41. The van der Waals surface area contributed by atoms with Gasteiger partial charge in [0.1, 0.15) is 5.82 Å². The number of hydrogen-bond donors (Lipinski definition) is 1. The third kappa shape index (κ3) is 5.53. The van der Waals surface area contributed by atoms with Crippen LogP contribution in [0, 0.1) is 11.7 Å². The molecule has 1 amide bonds. The fourth-order valence-electron chi connectivity index (χ4n) is 2.60. The smallest absolute Gasteiger partial charge is 0.306 e. The van der Waals surface area contributed by atoms with Crippen molar-refractivity contribution in [1.29, 1.82) is 0 Å². The van der Waals surface area contributed by atoms with Crippen LogP contribution in [0.4, 0.5) is 10.1 Å². The number of carbonyl (C=O) groups is 2. The van der Waals surface area contributed by atoms with Crippen LogP contribution in [-0.4, -0.2) is 18.5 Å². The number of nitrogens with one attached hydrogen (secondary N) is 1. The standard InChI is InChI=1S/C16H20FNO3/c17-13-6-3-7-14(10-13)18-15(19)11-21-16(20)9-8-12-4-1-2-5-12/h3,6-7,10,12H,1-2,4-5,8-9,11H2,(H,18,19). The van der Waals surface area contributed by atoms with Crippen LogP contribution in [-0.2, 0) is 14.3 Å². The van der Waals surface area contributed by atoms with Crippen molar-refractivity contribution in [3.8, 4) is 0 Å². The maximum Gasteiger partial charge on any atom is 0.306 e. The summed E-state index contributed by atoms with van der Waals surface area (Å²) in [7, 11) is 0. The number of halogens is 1.